The van der Waals surface area contributed by atoms with Gasteiger partial charge in [0.05, 0.1) is 6.26 Å². The lowest BCUT2D eigenvalue weighted by molar-refractivity contribution is 0.482. The third kappa shape index (κ3) is 5.16. The lowest BCUT2D eigenvalue weighted by Gasteiger charge is -2.16. The average molecular weight is 240 g/mol. The molecule has 3 nitrogen and oxygen atoms in total. The molecule has 4 heteroatoms. The zero-order chi connectivity index (χ0) is 11.8. The SMILES string of the molecule is CCCNC(=S)NC(C)CCc1ccco1. The Kier molecular flexibility index (Phi) is 5.93. The van der Waals surface area contributed by atoms with Crippen molar-refractivity contribution in [1.82, 2.24) is 10.6 Å². The van der Waals surface area contributed by atoms with E-state index in [9.17, 15) is 0 Å². The van der Waals surface area contributed by atoms with Crippen LogP contribution in [0.5, 0.6) is 0 Å². The second kappa shape index (κ2) is 7.28. The highest BCUT2D eigenvalue weighted by molar-refractivity contribution is 7.80. The molecule has 1 heterocycles. The summed E-state index contributed by atoms with van der Waals surface area (Å²) in [7, 11) is 0. The molecule has 0 bridgehead atoms. The summed E-state index contributed by atoms with van der Waals surface area (Å²) in [5.74, 6) is 1.03. The number of furan rings is 1. The summed E-state index contributed by atoms with van der Waals surface area (Å²) in [6.07, 6.45) is 4.75. The van der Waals surface area contributed by atoms with Crippen molar-refractivity contribution >= 4 is 17.3 Å². The lowest BCUT2D eigenvalue weighted by Crippen LogP contribution is -2.40. The predicted molar refractivity (Wildman–Crippen MR) is 70.5 cm³/mol. The molecule has 2 N–H and O–H groups in total. The minimum Gasteiger partial charge on any atom is -0.469 e. The number of nitrogens with one attached hydrogen (secondary N) is 2. The van der Waals surface area contributed by atoms with Crippen LogP contribution in [0.25, 0.3) is 0 Å². The molecule has 0 fully saturated rings. The molecule has 1 unspecified atom stereocenters. The Morgan fingerprint density at radius 3 is 3.00 bits per heavy atom. The normalized spacial score (nSPS) is 12.1. The maximum absolute atomic E-state index is 5.28. The molecule has 1 atom stereocenters. The number of rotatable bonds is 6. The van der Waals surface area contributed by atoms with Crippen molar-refractivity contribution in [2.45, 2.75) is 39.2 Å². The largest absolute Gasteiger partial charge is 0.469 e. The van der Waals surface area contributed by atoms with Gasteiger partial charge in [0.25, 0.3) is 0 Å². The van der Waals surface area contributed by atoms with Crippen molar-refractivity contribution in [3.63, 3.8) is 0 Å². The fourth-order valence-electron chi connectivity index (χ4n) is 1.40. The zero-order valence-corrected chi connectivity index (χ0v) is 10.8. The Morgan fingerprint density at radius 1 is 1.56 bits per heavy atom. The summed E-state index contributed by atoms with van der Waals surface area (Å²) in [5.41, 5.74) is 0. The van der Waals surface area contributed by atoms with Crippen molar-refractivity contribution in [3.05, 3.63) is 24.2 Å². The fourth-order valence-corrected chi connectivity index (χ4v) is 1.70. The molecule has 1 aromatic rings. The molecule has 0 aliphatic carbocycles. The Labute approximate surface area is 103 Å². The van der Waals surface area contributed by atoms with E-state index in [1.54, 1.807) is 6.26 Å². The van der Waals surface area contributed by atoms with Crippen LogP contribution in [-0.4, -0.2) is 17.7 Å². The van der Waals surface area contributed by atoms with E-state index < -0.39 is 0 Å². The molecular formula is C12H20N2OS. The van der Waals surface area contributed by atoms with E-state index in [-0.39, 0.29) is 0 Å². The van der Waals surface area contributed by atoms with Gasteiger partial charge in [-0.3, -0.25) is 0 Å². The van der Waals surface area contributed by atoms with Crippen LogP contribution < -0.4 is 10.6 Å². The standard InChI is InChI=1S/C12H20N2OS/c1-3-8-13-12(16)14-10(2)6-7-11-5-4-9-15-11/h4-5,9-10H,3,6-8H2,1-2H3,(H2,13,14,16). The van der Waals surface area contributed by atoms with Crippen molar-refractivity contribution in [1.29, 1.82) is 0 Å². The van der Waals surface area contributed by atoms with Gasteiger partial charge in [-0.1, -0.05) is 6.92 Å². The molecule has 1 rings (SSSR count). The van der Waals surface area contributed by atoms with Crippen LogP contribution in [0.4, 0.5) is 0 Å². The number of aryl methyl sites for hydroxylation is 1. The highest BCUT2D eigenvalue weighted by atomic mass is 32.1. The summed E-state index contributed by atoms with van der Waals surface area (Å²) < 4.78 is 5.28. The van der Waals surface area contributed by atoms with Gasteiger partial charge < -0.3 is 15.1 Å². The van der Waals surface area contributed by atoms with Crippen LogP contribution >= 0.6 is 12.2 Å². The third-order valence-corrected chi connectivity index (χ3v) is 2.58. The Bertz CT molecular complexity index is 298. The topological polar surface area (TPSA) is 37.2 Å². The van der Waals surface area contributed by atoms with Crippen LogP contribution in [-0.2, 0) is 6.42 Å². The number of thiocarbonyl (C=S) groups is 1. The first kappa shape index (κ1) is 13.0. The van der Waals surface area contributed by atoms with E-state index >= 15 is 0 Å². The van der Waals surface area contributed by atoms with Gasteiger partial charge in [0.1, 0.15) is 5.76 Å². The molecule has 0 aromatic carbocycles. The summed E-state index contributed by atoms with van der Waals surface area (Å²) in [6.45, 7) is 5.18. The molecule has 0 saturated heterocycles. The van der Waals surface area contributed by atoms with E-state index in [0.29, 0.717) is 6.04 Å². The van der Waals surface area contributed by atoms with Crippen LogP contribution in [0.2, 0.25) is 0 Å². The lowest BCUT2D eigenvalue weighted by atomic mass is 10.1. The van der Waals surface area contributed by atoms with E-state index in [0.717, 1.165) is 36.7 Å². The van der Waals surface area contributed by atoms with Crippen LogP contribution in [0.3, 0.4) is 0 Å². The van der Waals surface area contributed by atoms with E-state index in [1.807, 2.05) is 12.1 Å². The Balaban J connectivity index is 2.15. The van der Waals surface area contributed by atoms with Crippen LogP contribution in [0.15, 0.2) is 22.8 Å². The molecule has 0 radical (unpaired) electrons. The summed E-state index contributed by atoms with van der Waals surface area (Å²) in [4.78, 5) is 0. The highest BCUT2D eigenvalue weighted by Crippen LogP contribution is 2.05. The summed E-state index contributed by atoms with van der Waals surface area (Å²) in [6, 6.07) is 4.28. The number of hydrogen-bond donors (Lipinski definition) is 2. The summed E-state index contributed by atoms with van der Waals surface area (Å²) >= 11 is 5.16. The third-order valence-electron chi connectivity index (χ3n) is 2.32. The van der Waals surface area contributed by atoms with E-state index in [2.05, 4.69) is 24.5 Å². The van der Waals surface area contributed by atoms with Gasteiger partial charge in [0, 0.05) is 19.0 Å². The van der Waals surface area contributed by atoms with Gasteiger partial charge in [-0.15, -0.1) is 0 Å². The first-order chi connectivity index (χ1) is 7.72. The molecule has 0 amide bonds. The van der Waals surface area contributed by atoms with Crippen molar-refractivity contribution < 1.29 is 4.42 Å². The molecular weight excluding hydrogens is 220 g/mol. The highest BCUT2D eigenvalue weighted by Gasteiger charge is 2.05. The smallest absolute Gasteiger partial charge is 0.166 e. The maximum Gasteiger partial charge on any atom is 0.166 e. The van der Waals surface area contributed by atoms with Gasteiger partial charge in [0.2, 0.25) is 0 Å². The second-order valence-corrected chi connectivity index (χ2v) is 4.33. The monoisotopic (exact) mass is 240 g/mol. The zero-order valence-electron chi connectivity index (χ0n) is 9.95. The molecule has 0 aliphatic heterocycles. The van der Waals surface area contributed by atoms with Crippen molar-refractivity contribution in [3.8, 4) is 0 Å². The fraction of sp³-hybridized carbons (Fsp3) is 0.583. The molecule has 0 aliphatic rings. The van der Waals surface area contributed by atoms with Gasteiger partial charge >= 0.3 is 0 Å². The molecule has 16 heavy (non-hydrogen) atoms. The van der Waals surface area contributed by atoms with Gasteiger partial charge in [0.15, 0.2) is 5.11 Å². The quantitative estimate of drug-likeness (QED) is 0.749. The minimum atomic E-state index is 0.363. The molecule has 0 spiro atoms. The maximum atomic E-state index is 5.28. The van der Waals surface area contributed by atoms with Gasteiger partial charge in [-0.2, -0.15) is 0 Å². The first-order valence-corrected chi connectivity index (χ1v) is 6.20. The average Bonchev–Trinajstić information content (AvgIpc) is 2.76. The first-order valence-electron chi connectivity index (χ1n) is 5.79. The van der Waals surface area contributed by atoms with Gasteiger partial charge in [-0.25, -0.2) is 0 Å². The molecule has 1 aromatic heterocycles. The molecule has 90 valence electrons. The Hall–Kier alpha value is -1.03. The minimum absolute atomic E-state index is 0.363. The van der Waals surface area contributed by atoms with E-state index in [4.69, 9.17) is 16.6 Å². The van der Waals surface area contributed by atoms with Gasteiger partial charge in [-0.05, 0) is 44.1 Å². The second-order valence-electron chi connectivity index (χ2n) is 3.92. The predicted octanol–water partition coefficient (Wildman–Crippen LogP) is 2.47. The summed E-state index contributed by atoms with van der Waals surface area (Å²) in [5, 5.41) is 7.15. The van der Waals surface area contributed by atoms with E-state index in [1.165, 1.54) is 0 Å². The van der Waals surface area contributed by atoms with Crippen molar-refractivity contribution in [2.75, 3.05) is 6.54 Å². The molecule has 0 saturated carbocycles. The van der Waals surface area contributed by atoms with Crippen LogP contribution in [0, 0.1) is 0 Å². The van der Waals surface area contributed by atoms with Crippen molar-refractivity contribution in [2.24, 2.45) is 0 Å². The number of hydrogen-bond acceptors (Lipinski definition) is 2. The Morgan fingerprint density at radius 2 is 2.38 bits per heavy atom. The van der Waals surface area contributed by atoms with Crippen LogP contribution in [0.1, 0.15) is 32.4 Å².